The quantitative estimate of drug-likeness (QED) is 0.603. The molecular weight excluding hydrogens is 386 g/mol. The number of carbonyl (C=O) groups excluding carboxylic acids is 1. The summed E-state index contributed by atoms with van der Waals surface area (Å²) in [5.74, 6) is 0.841. The lowest BCUT2D eigenvalue weighted by Gasteiger charge is -2.15. The maximum atomic E-state index is 12.0. The molecule has 1 unspecified atom stereocenters. The zero-order valence-electron chi connectivity index (χ0n) is 16.2. The van der Waals surface area contributed by atoms with E-state index in [2.05, 4.69) is 24.4 Å². The molecule has 0 aliphatic carbocycles. The second kappa shape index (κ2) is 8.58. The maximum Gasteiger partial charge on any atom is 0.407 e. The van der Waals surface area contributed by atoms with Crippen LogP contribution in [0.15, 0.2) is 66.7 Å². The predicted molar refractivity (Wildman–Crippen MR) is 114 cm³/mol. The van der Waals surface area contributed by atoms with Crippen molar-refractivity contribution in [3.8, 4) is 16.9 Å². The smallest absolute Gasteiger partial charge is 0.407 e. The molecule has 4 nitrogen and oxygen atoms in total. The van der Waals surface area contributed by atoms with Crippen molar-refractivity contribution in [2.75, 3.05) is 6.54 Å². The summed E-state index contributed by atoms with van der Waals surface area (Å²) in [6.45, 7) is 2.68. The largest absolute Gasteiger partial charge is 0.487 e. The van der Waals surface area contributed by atoms with Crippen LogP contribution in [-0.4, -0.2) is 18.7 Å². The minimum absolute atomic E-state index is 0.157. The lowest BCUT2D eigenvalue weighted by molar-refractivity contribution is 0.133. The lowest BCUT2D eigenvalue weighted by atomic mass is 9.97. The molecule has 5 heteroatoms. The van der Waals surface area contributed by atoms with E-state index < -0.39 is 6.09 Å². The Kier molecular flexibility index (Phi) is 5.72. The Hall–Kier alpha value is -2.98. The minimum Gasteiger partial charge on any atom is -0.487 e. The van der Waals surface area contributed by atoms with Gasteiger partial charge in [0, 0.05) is 22.6 Å². The van der Waals surface area contributed by atoms with E-state index in [4.69, 9.17) is 21.1 Å². The third kappa shape index (κ3) is 4.54. The van der Waals surface area contributed by atoms with E-state index in [1.165, 1.54) is 0 Å². The van der Waals surface area contributed by atoms with Gasteiger partial charge in [-0.05, 0) is 35.7 Å². The summed E-state index contributed by atoms with van der Waals surface area (Å²) in [6, 6.07) is 21.6. The van der Waals surface area contributed by atoms with Gasteiger partial charge in [-0.25, -0.2) is 4.79 Å². The molecule has 1 N–H and O–H groups in total. The molecule has 3 aromatic carbocycles. The van der Waals surface area contributed by atoms with E-state index in [9.17, 15) is 4.79 Å². The van der Waals surface area contributed by atoms with Crippen LogP contribution in [0.5, 0.6) is 5.75 Å². The topological polar surface area (TPSA) is 47.6 Å². The van der Waals surface area contributed by atoms with E-state index in [0.717, 1.165) is 33.6 Å². The molecule has 0 aromatic heterocycles. The first-order chi connectivity index (χ1) is 14.1. The summed E-state index contributed by atoms with van der Waals surface area (Å²) in [7, 11) is 0. The van der Waals surface area contributed by atoms with Crippen molar-refractivity contribution in [1.82, 2.24) is 5.32 Å². The number of halogens is 1. The number of aryl methyl sites for hydroxylation is 1. The Morgan fingerprint density at radius 3 is 2.66 bits per heavy atom. The fourth-order valence-electron chi connectivity index (χ4n) is 3.55. The fraction of sp³-hybridized carbons (Fsp3) is 0.208. The highest BCUT2D eigenvalue weighted by Crippen LogP contribution is 2.41. The minimum atomic E-state index is -0.453. The number of carbonyl (C=O) groups is 1. The van der Waals surface area contributed by atoms with Crippen molar-refractivity contribution < 1.29 is 14.3 Å². The lowest BCUT2D eigenvalue weighted by Crippen LogP contribution is -2.34. The summed E-state index contributed by atoms with van der Waals surface area (Å²) in [6.07, 6.45) is 0.0781. The highest BCUT2D eigenvalue weighted by Gasteiger charge is 2.27. The average Bonchev–Trinajstić information content (AvgIpc) is 3.14. The van der Waals surface area contributed by atoms with Crippen molar-refractivity contribution in [3.05, 3.63) is 88.4 Å². The summed E-state index contributed by atoms with van der Waals surface area (Å²) in [5, 5.41) is 3.48. The van der Waals surface area contributed by atoms with Gasteiger partial charge < -0.3 is 14.8 Å². The van der Waals surface area contributed by atoms with Gasteiger partial charge in [0.05, 0.1) is 6.54 Å². The van der Waals surface area contributed by atoms with Crippen LogP contribution in [0, 0.1) is 6.92 Å². The van der Waals surface area contributed by atoms with Gasteiger partial charge in [0.15, 0.2) is 0 Å². The molecule has 4 rings (SSSR count). The second-order valence-corrected chi connectivity index (χ2v) is 7.58. The third-order valence-electron chi connectivity index (χ3n) is 4.98. The molecule has 1 amide bonds. The average molecular weight is 408 g/mol. The Bertz CT molecular complexity index is 1020. The van der Waals surface area contributed by atoms with Crippen LogP contribution >= 0.6 is 11.6 Å². The van der Waals surface area contributed by atoms with Crippen LogP contribution < -0.4 is 10.1 Å². The summed E-state index contributed by atoms with van der Waals surface area (Å²) < 4.78 is 11.5. The molecule has 1 atom stereocenters. The summed E-state index contributed by atoms with van der Waals surface area (Å²) >= 11 is 6.36. The van der Waals surface area contributed by atoms with E-state index >= 15 is 0 Å². The molecule has 0 radical (unpaired) electrons. The van der Waals surface area contributed by atoms with E-state index in [-0.39, 0.29) is 12.7 Å². The van der Waals surface area contributed by atoms with E-state index in [0.29, 0.717) is 18.0 Å². The molecule has 0 saturated heterocycles. The number of ether oxygens (including phenoxy) is 2. The van der Waals surface area contributed by atoms with Crippen molar-refractivity contribution in [2.24, 2.45) is 0 Å². The number of amides is 1. The van der Waals surface area contributed by atoms with Crippen LogP contribution in [0.2, 0.25) is 5.02 Å². The molecule has 1 aliphatic heterocycles. The predicted octanol–water partition coefficient (Wildman–Crippen LogP) is 5.55. The van der Waals surface area contributed by atoms with Gasteiger partial charge >= 0.3 is 6.09 Å². The van der Waals surface area contributed by atoms with Crippen molar-refractivity contribution in [2.45, 2.75) is 26.1 Å². The first-order valence-electron chi connectivity index (χ1n) is 9.60. The highest BCUT2D eigenvalue weighted by atomic mass is 35.5. The van der Waals surface area contributed by atoms with Crippen LogP contribution in [-0.2, 0) is 17.8 Å². The number of hydrogen-bond donors (Lipinski definition) is 1. The third-order valence-corrected chi connectivity index (χ3v) is 5.20. The van der Waals surface area contributed by atoms with E-state index in [1.807, 2.05) is 54.6 Å². The molecule has 0 spiro atoms. The molecule has 0 bridgehead atoms. The highest BCUT2D eigenvalue weighted by molar-refractivity contribution is 6.31. The SMILES string of the molecule is Cc1ccccc1-c1cc(Cl)cc2c1OC(CNC(=O)OCc1ccccc1)C2. The van der Waals surface area contributed by atoms with Gasteiger partial charge in [-0.3, -0.25) is 0 Å². The van der Waals surface area contributed by atoms with Gasteiger partial charge in [0.2, 0.25) is 0 Å². The number of hydrogen-bond acceptors (Lipinski definition) is 3. The Morgan fingerprint density at radius 2 is 1.86 bits per heavy atom. The standard InChI is InChI=1S/C24H22ClNO3/c1-16-7-5-6-10-21(16)22-13-19(25)11-18-12-20(29-23(18)22)14-26-24(27)28-15-17-8-3-2-4-9-17/h2-11,13,20H,12,14-15H2,1H3,(H,26,27). The molecular formula is C24H22ClNO3. The van der Waals surface area contributed by atoms with Crippen molar-refractivity contribution in [3.63, 3.8) is 0 Å². The molecule has 1 heterocycles. The van der Waals surface area contributed by atoms with Crippen molar-refractivity contribution >= 4 is 17.7 Å². The Balaban J connectivity index is 1.40. The number of rotatable bonds is 5. The first kappa shape index (κ1) is 19.3. The van der Waals surface area contributed by atoms with Crippen molar-refractivity contribution in [1.29, 1.82) is 0 Å². The number of fused-ring (bicyclic) bond motifs is 1. The summed E-state index contributed by atoms with van der Waals surface area (Å²) in [4.78, 5) is 12.0. The van der Waals surface area contributed by atoms with E-state index in [1.54, 1.807) is 0 Å². The number of benzene rings is 3. The zero-order valence-corrected chi connectivity index (χ0v) is 16.9. The normalized spacial score (nSPS) is 14.8. The number of alkyl carbamates (subject to hydrolysis) is 1. The van der Waals surface area contributed by atoms with Crippen LogP contribution in [0.4, 0.5) is 4.79 Å². The van der Waals surface area contributed by atoms with Gasteiger partial charge in [0.25, 0.3) is 0 Å². The number of nitrogens with one attached hydrogen (secondary N) is 1. The molecule has 0 saturated carbocycles. The molecule has 148 valence electrons. The molecule has 1 aliphatic rings. The Labute approximate surface area is 175 Å². The molecule has 0 fully saturated rings. The monoisotopic (exact) mass is 407 g/mol. The van der Waals surface area contributed by atoms with Crippen LogP contribution in [0.1, 0.15) is 16.7 Å². The first-order valence-corrected chi connectivity index (χ1v) is 9.97. The molecule has 29 heavy (non-hydrogen) atoms. The fourth-order valence-corrected chi connectivity index (χ4v) is 3.80. The van der Waals surface area contributed by atoms with Gasteiger partial charge in [-0.15, -0.1) is 0 Å². The molecule has 3 aromatic rings. The van der Waals surface area contributed by atoms with Crippen LogP contribution in [0.3, 0.4) is 0 Å². The second-order valence-electron chi connectivity index (χ2n) is 7.14. The summed E-state index contributed by atoms with van der Waals surface area (Å²) in [5.41, 5.74) is 5.25. The van der Waals surface area contributed by atoms with Gasteiger partial charge in [0.1, 0.15) is 18.5 Å². The van der Waals surface area contributed by atoms with Crippen LogP contribution in [0.25, 0.3) is 11.1 Å². The van der Waals surface area contributed by atoms with Gasteiger partial charge in [-0.1, -0.05) is 66.2 Å². The zero-order chi connectivity index (χ0) is 20.2. The Morgan fingerprint density at radius 1 is 1.10 bits per heavy atom. The maximum absolute atomic E-state index is 12.0. The van der Waals surface area contributed by atoms with Gasteiger partial charge in [-0.2, -0.15) is 0 Å².